The number of hydrogen-bond donors (Lipinski definition) is 1. The van der Waals surface area contributed by atoms with E-state index in [-0.39, 0.29) is 11.4 Å². The van der Waals surface area contributed by atoms with Crippen molar-refractivity contribution in [2.75, 3.05) is 12.9 Å². The average molecular weight is 295 g/mol. The summed E-state index contributed by atoms with van der Waals surface area (Å²) in [5.74, 6) is 0.938. The van der Waals surface area contributed by atoms with E-state index in [9.17, 15) is 4.39 Å². The SMILES string of the molecule is COc1ccc(F)cc1C1=NNC(=NC(C)(C)C)SC1. The second-order valence-corrected chi connectivity index (χ2v) is 6.36. The Labute approximate surface area is 122 Å². The van der Waals surface area contributed by atoms with Gasteiger partial charge in [-0.25, -0.2) is 4.39 Å². The summed E-state index contributed by atoms with van der Waals surface area (Å²) in [7, 11) is 1.56. The summed E-state index contributed by atoms with van der Waals surface area (Å²) in [6.07, 6.45) is 0. The maximum absolute atomic E-state index is 13.4. The van der Waals surface area contributed by atoms with Gasteiger partial charge in [0.1, 0.15) is 11.6 Å². The number of aliphatic imine (C=N–C) groups is 1. The summed E-state index contributed by atoms with van der Waals surface area (Å²) in [6.45, 7) is 6.07. The molecule has 0 saturated carbocycles. The lowest BCUT2D eigenvalue weighted by atomic mass is 10.1. The van der Waals surface area contributed by atoms with Gasteiger partial charge in [-0.05, 0) is 39.0 Å². The topological polar surface area (TPSA) is 46.0 Å². The fourth-order valence-corrected chi connectivity index (χ4v) is 2.66. The largest absolute Gasteiger partial charge is 0.496 e. The van der Waals surface area contributed by atoms with Crippen molar-refractivity contribution in [2.24, 2.45) is 10.1 Å². The first-order chi connectivity index (χ1) is 9.39. The van der Waals surface area contributed by atoms with Crippen molar-refractivity contribution >= 4 is 22.6 Å². The Morgan fingerprint density at radius 2 is 2.15 bits per heavy atom. The molecule has 20 heavy (non-hydrogen) atoms. The second kappa shape index (κ2) is 5.83. The first-order valence-electron chi connectivity index (χ1n) is 6.28. The van der Waals surface area contributed by atoms with E-state index in [1.165, 1.54) is 12.1 Å². The molecular formula is C14H18FN3OS. The first kappa shape index (κ1) is 14.8. The van der Waals surface area contributed by atoms with Crippen molar-refractivity contribution in [1.29, 1.82) is 0 Å². The third-order valence-corrected chi connectivity index (χ3v) is 3.42. The van der Waals surface area contributed by atoms with Crippen molar-refractivity contribution in [1.82, 2.24) is 5.43 Å². The molecule has 0 amide bonds. The molecule has 0 saturated heterocycles. The van der Waals surface area contributed by atoms with Crippen LogP contribution >= 0.6 is 11.8 Å². The van der Waals surface area contributed by atoms with Crippen LogP contribution in [0.4, 0.5) is 4.39 Å². The standard InChI is InChI=1S/C14H18FN3OS/c1-14(2,3)16-13-18-17-11(8-20-13)10-7-9(15)5-6-12(10)19-4/h5-7H,8H2,1-4H3,(H,16,18). The van der Waals surface area contributed by atoms with Crippen LogP contribution in [0.15, 0.2) is 28.3 Å². The van der Waals surface area contributed by atoms with Gasteiger partial charge in [0.25, 0.3) is 0 Å². The molecule has 6 heteroatoms. The van der Waals surface area contributed by atoms with Crippen LogP contribution in [0.3, 0.4) is 0 Å². The van der Waals surface area contributed by atoms with Crippen molar-refractivity contribution < 1.29 is 9.13 Å². The van der Waals surface area contributed by atoms with Crippen LogP contribution in [0.2, 0.25) is 0 Å². The zero-order chi connectivity index (χ0) is 14.8. The highest BCUT2D eigenvalue weighted by Gasteiger charge is 2.19. The summed E-state index contributed by atoms with van der Waals surface area (Å²) in [5.41, 5.74) is 4.18. The number of methoxy groups -OCH3 is 1. The van der Waals surface area contributed by atoms with Gasteiger partial charge in [0.05, 0.1) is 18.4 Å². The highest BCUT2D eigenvalue weighted by Crippen LogP contribution is 2.24. The van der Waals surface area contributed by atoms with Crippen molar-refractivity contribution in [3.05, 3.63) is 29.6 Å². The lowest BCUT2D eigenvalue weighted by Crippen LogP contribution is -2.28. The Morgan fingerprint density at radius 3 is 2.70 bits per heavy atom. The van der Waals surface area contributed by atoms with Crippen LogP contribution in [0.25, 0.3) is 0 Å². The molecule has 1 aliphatic rings. The number of benzene rings is 1. The molecule has 108 valence electrons. The number of hydrazone groups is 1. The molecule has 0 fully saturated rings. The monoisotopic (exact) mass is 295 g/mol. The van der Waals surface area contributed by atoms with Gasteiger partial charge in [0.2, 0.25) is 0 Å². The molecule has 1 aliphatic heterocycles. The minimum Gasteiger partial charge on any atom is -0.496 e. The van der Waals surface area contributed by atoms with E-state index in [2.05, 4.69) is 15.5 Å². The van der Waals surface area contributed by atoms with Gasteiger partial charge in [-0.15, -0.1) is 0 Å². The number of halogens is 1. The van der Waals surface area contributed by atoms with Crippen LogP contribution in [0, 0.1) is 5.82 Å². The summed E-state index contributed by atoms with van der Waals surface area (Å²) in [6, 6.07) is 4.42. The van der Waals surface area contributed by atoms with E-state index in [1.54, 1.807) is 24.9 Å². The van der Waals surface area contributed by atoms with Gasteiger partial charge < -0.3 is 4.74 Å². The summed E-state index contributed by atoms with van der Waals surface area (Å²) >= 11 is 1.55. The van der Waals surface area contributed by atoms with E-state index in [4.69, 9.17) is 4.74 Å². The quantitative estimate of drug-likeness (QED) is 0.912. The molecule has 2 rings (SSSR count). The number of amidine groups is 1. The molecule has 1 aromatic carbocycles. The molecule has 0 atom stereocenters. The molecule has 1 N–H and O–H groups in total. The summed E-state index contributed by atoms with van der Waals surface area (Å²) in [4.78, 5) is 4.51. The smallest absolute Gasteiger partial charge is 0.178 e. The van der Waals surface area contributed by atoms with E-state index in [0.717, 1.165) is 10.9 Å². The maximum atomic E-state index is 13.4. The van der Waals surface area contributed by atoms with Crippen molar-refractivity contribution in [3.8, 4) is 5.75 Å². The van der Waals surface area contributed by atoms with Crippen LogP contribution in [0.5, 0.6) is 5.75 Å². The number of thioether (sulfide) groups is 1. The van der Waals surface area contributed by atoms with Gasteiger partial charge in [0.15, 0.2) is 5.17 Å². The van der Waals surface area contributed by atoms with Crippen molar-refractivity contribution in [2.45, 2.75) is 26.3 Å². The van der Waals surface area contributed by atoms with E-state index >= 15 is 0 Å². The minimum atomic E-state index is -0.303. The van der Waals surface area contributed by atoms with Crippen LogP contribution in [-0.2, 0) is 0 Å². The minimum absolute atomic E-state index is 0.154. The molecule has 0 bridgehead atoms. The zero-order valence-electron chi connectivity index (χ0n) is 12.0. The maximum Gasteiger partial charge on any atom is 0.178 e. The van der Waals surface area contributed by atoms with Crippen LogP contribution in [0.1, 0.15) is 26.3 Å². The highest BCUT2D eigenvalue weighted by atomic mass is 32.2. The predicted octanol–water partition coefficient (Wildman–Crippen LogP) is 3.03. The Bertz CT molecular complexity index is 564. The van der Waals surface area contributed by atoms with Gasteiger partial charge >= 0.3 is 0 Å². The fraction of sp³-hybridized carbons (Fsp3) is 0.429. The summed E-state index contributed by atoms with van der Waals surface area (Å²) in [5, 5.41) is 5.06. The highest BCUT2D eigenvalue weighted by molar-refractivity contribution is 8.14. The molecule has 0 radical (unpaired) electrons. The lowest BCUT2D eigenvalue weighted by molar-refractivity contribution is 0.412. The zero-order valence-corrected chi connectivity index (χ0v) is 12.8. The number of hydrogen-bond acceptors (Lipinski definition) is 4. The number of nitrogens with one attached hydrogen (secondary N) is 1. The molecule has 0 spiro atoms. The van der Waals surface area contributed by atoms with Crippen LogP contribution < -0.4 is 10.2 Å². The predicted molar refractivity (Wildman–Crippen MR) is 82.3 cm³/mol. The Hall–Kier alpha value is -1.56. The number of rotatable bonds is 2. The normalized spacial score (nSPS) is 17.6. The molecule has 0 aliphatic carbocycles. The number of nitrogens with zero attached hydrogens (tertiary/aromatic N) is 2. The molecule has 0 aromatic heterocycles. The van der Waals surface area contributed by atoms with E-state index in [0.29, 0.717) is 17.1 Å². The van der Waals surface area contributed by atoms with Crippen molar-refractivity contribution in [3.63, 3.8) is 0 Å². The average Bonchev–Trinajstić information content (AvgIpc) is 2.38. The third kappa shape index (κ3) is 3.72. The molecular weight excluding hydrogens is 277 g/mol. The van der Waals surface area contributed by atoms with Gasteiger partial charge in [-0.1, -0.05) is 11.8 Å². The fourth-order valence-electron chi connectivity index (χ4n) is 1.72. The van der Waals surface area contributed by atoms with Crippen LogP contribution in [-0.4, -0.2) is 29.3 Å². The first-order valence-corrected chi connectivity index (χ1v) is 7.27. The lowest BCUT2D eigenvalue weighted by Gasteiger charge is -2.20. The Balaban J connectivity index is 2.25. The molecule has 1 aromatic rings. The molecule has 0 unspecified atom stereocenters. The molecule has 1 heterocycles. The van der Waals surface area contributed by atoms with Gasteiger partial charge in [-0.3, -0.25) is 10.4 Å². The number of ether oxygens (including phenoxy) is 1. The summed E-state index contributed by atoms with van der Waals surface area (Å²) < 4.78 is 18.6. The second-order valence-electron chi connectivity index (χ2n) is 5.39. The van der Waals surface area contributed by atoms with Gasteiger partial charge in [0, 0.05) is 11.3 Å². The Kier molecular flexibility index (Phi) is 4.32. The Morgan fingerprint density at radius 1 is 1.40 bits per heavy atom. The molecule has 4 nitrogen and oxygen atoms in total. The van der Waals surface area contributed by atoms with Gasteiger partial charge in [-0.2, -0.15) is 5.10 Å². The third-order valence-electron chi connectivity index (χ3n) is 2.54. The van der Waals surface area contributed by atoms with E-state index in [1.807, 2.05) is 20.8 Å². The van der Waals surface area contributed by atoms with E-state index < -0.39 is 0 Å².